The van der Waals surface area contributed by atoms with E-state index in [1.54, 1.807) is 0 Å². The summed E-state index contributed by atoms with van der Waals surface area (Å²) in [4.78, 5) is 25.5. The van der Waals surface area contributed by atoms with Crippen LogP contribution in [0.2, 0.25) is 10.0 Å². The molecular formula is C28H26Cl2F2N2O8S. The number of hydrogen-bond donors (Lipinski definition) is 1. The third kappa shape index (κ3) is 8.91. The van der Waals surface area contributed by atoms with Crippen LogP contribution in [-0.4, -0.2) is 46.3 Å². The van der Waals surface area contributed by atoms with Gasteiger partial charge in [0.05, 0.1) is 17.1 Å². The summed E-state index contributed by atoms with van der Waals surface area (Å²) in [5.74, 6) is -1.68. The van der Waals surface area contributed by atoms with Crippen LogP contribution in [0.1, 0.15) is 40.4 Å². The van der Waals surface area contributed by atoms with Crippen LogP contribution >= 0.6 is 23.2 Å². The Morgan fingerprint density at radius 3 is 2.40 bits per heavy atom. The van der Waals surface area contributed by atoms with Gasteiger partial charge in [0.15, 0.2) is 33.7 Å². The monoisotopic (exact) mass is 658 g/mol. The number of alkyl halides is 2. The highest BCUT2D eigenvalue weighted by molar-refractivity contribution is 7.90. The lowest BCUT2D eigenvalue weighted by Gasteiger charge is -2.21. The van der Waals surface area contributed by atoms with Gasteiger partial charge in [-0.25, -0.2) is 8.42 Å². The molecule has 43 heavy (non-hydrogen) atoms. The largest absolute Gasteiger partial charge is 0.619 e. The number of pyridine rings is 1. The summed E-state index contributed by atoms with van der Waals surface area (Å²) in [6.07, 6.45) is 3.66. The highest BCUT2D eigenvalue weighted by Crippen LogP contribution is 2.37. The highest BCUT2D eigenvalue weighted by atomic mass is 35.5. The summed E-state index contributed by atoms with van der Waals surface area (Å²) in [6, 6.07) is 9.52. The number of carbonyl (C=O) groups excluding carboxylic acids is 2. The van der Waals surface area contributed by atoms with Crippen molar-refractivity contribution in [3.8, 4) is 11.5 Å². The Balaban J connectivity index is 1.59. The zero-order chi connectivity index (χ0) is 31.3. The van der Waals surface area contributed by atoms with Crippen molar-refractivity contribution in [1.29, 1.82) is 0 Å². The molecule has 3 aromatic rings. The van der Waals surface area contributed by atoms with Gasteiger partial charge in [-0.1, -0.05) is 41.4 Å². The van der Waals surface area contributed by atoms with Gasteiger partial charge in [0.2, 0.25) is 0 Å². The van der Waals surface area contributed by atoms with E-state index in [1.807, 2.05) is 0 Å². The van der Waals surface area contributed by atoms with E-state index in [1.165, 1.54) is 42.5 Å². The number of nitrogens with one attached hydrogen (secondary N) is 1. The van der Waals surface area contributed by atoms with Crippen LogP contribution in [0.3, 0.4) is 0 Å². The van der Waals surface area contributed by atoms with Gasteiger partial charge < -0.3 is 24.7 Å². The average molecular weight is 659 g/mol. The molecule has 1 atom stereocenters. The molecule has 0 bridgehead atoms. The minimum atomic E-state index is -3.73. The Hall–Kier alpha value is -3.68. The molecule has 10 nitrogen and oxygen atoms in total. The van der Waals surface area contributed by atoms with Gasteiger partial charge in [0.25, 0.3) is 5.91 Å². The Morgan fingerprint density at radius 2 is 1.77 bits per heavy atom. The molecule has 0 unspecified atom stereocenters. The first-order valence-electron chi connectivity index (χ1n) is 12.9. The fourth-order valence-electron chi connectivity index (χ4n) is 4.09. The third-order valence-corrected chi connectivity index (χ3v) is 8.18. The minimum Gasteiger partial charge on any atom is -0.619 e. The fraction of sp³-hybridized carbons (Fsp3) is 0.321. The number of sulfone groups is 1. The first-order valence-corrected chi connectivity index (χ1v) is 15.5. The number of halogens is 4. The Morgan fingerprint density at radius 1 is 1.09 bits per heavy atom. The zero-order valence-electron chi connectivity index (χ0n) is 22.6. The Kier molecular flexibility index (Phi) is 10.3. The number of aromatic nitrogens is 1. The molecule has 1 saturated carbocycles. The SMILES string of the molecule is CS(=O)(=O)c1ccccc1C(=O)NCC(=O)O[C@@H](Cc1c(Cl)c[n+]([O-])cc1Cl)c1ccc(OC(F)F)c(OCC2CC2)c1. The van der Waals surface area contributed by atoms with Crippen LogP contribution in [0.4, 0.5) is 8.78 Å². The predicted molar refractivity (Wildman–Crippen MR) is 151 cm³/mol. The number of hydrogen-bond acceptors (Lipinski definition) is 8. The van der Waals surface area contributed by atoms with Gasteiger partial charge in [-0.3, -0.25) is 9.59 Å². The fourth-order valence-corrected chi connectivity index (χ4v) is 5.57. The van der Waals surface area contributed by atoms with E-state index >= 15 is 0 Å². The summed E-state index contributed by atoms with van der Waals surface area (Å²) >= 11 is 12.5. The van der Waals surface area contributed by atoms with E-state index in [0.717, 1.165) is 31.5 Å². The summed E-state index contributed by atoms with van der Waals surface area (Å²) in [7, 11) is -3.73. The molecule has 1 aromatic heterocycles. The smallest absolute Gasteiger partial charge is 0.387 e. The highest BCUT2D eigenvalue weighted by Gasteiger charge is 2.27. The molecule has 0 radical (unpaired) electrons. The zero-order valence-corrected chi connectivity index (χ0v) is 24.9. The van der Waals surface area contributed by atoms with Gasteiger partial charge in [-0.2, -0.15) is 13.5 Å². The van der Waals surface area contributed by atoms with E-state index in [2.05, 4.69) is 10.1 Å². The molecule has 1 aliphatic rings. The second-order valence-electron chi connectivity index (χ2n) is 9.77. The molecule has 0 saturated heterocycles. The van der Waals surface area contributed by atoms with E-state index in [0.29, 0.717) is 10.3 Å². The van der Waals surface area contributed by atoms with Crippen molar-refractivity contribution in [2.24, 2.45) is 5.92 Å². The molecule has 15 heteroatoms. The Labute approximate surface area is 256 Å². The lowest BCUT2D eigenvalue weighted by molar-refractivity contribution is -0.605. The van der Waals surface area contributed by atoms with Crippen molar-refractivity contribution in [2.75, 3.05) is 19.4 Å². The second kappa shape index (κ2) is 13.7. The van der Waals surface area contributed by atoms with Gasteiger partial charge in [0, 0.05) is 18.2 Å². The number of amides is 1. The van der Waals surface area contributed by atoms with Gasteiger partial charge in [-0.15, -0.1) is 0 Å². The maximum absolute atomic E-state index is 13.0. The quantitative estimate of drug-likeness (QED) is 0.159. The standard InChI is InChI=1S/C28H26Cl2F2N2O8S/c1-43(38,39)25-5-3-2-4-18(25)27(36)33-12-26(35)41-23(11-19-20(29)13-34(37)14-21(19)30)17-8-9-22(42-28(31)32)24(10-17)40-15-16-6-7-16/h2-5,8-10,13-14,16,23,28H,6-7,11-12,15H2,1H3,(H,33,36)/t23-/m0/s1. The molecule has 1 heterocycles. The first kappa shape index (κ1) is 32.2. The van der Waals surface area contributed by atoms with Crippen LogP contribution in [0.15, 0.2) is 59.8 Å². The van der Waals surface area contributed by atoms with Crippen LogP contribution in [0, 0.1) is 11.1 Å². The van der Waals surface area contributed by atoms with Crippen molar-refractivity contribution in [3.63, 3.8) is 0 Å². The number of esters is 1. The summed E-state index contributed by atoms with van der Waals surface area (Å²) in [5, 5.41) is 14.1. The molecule has 1 amide bonds. The number of ether oxygens (including phenoxy) is 3. The second-order valence-corrected chi connectivity index (χ2v) is 12.6. The van der Waals surface area contributed by atoms with E-state index in [4.69, 9.17) is 32.7 Å². The number of rotatable bonds is 13. The van der Waals surface area contributed by atoms with Crippen molar-refractivity contribution >= 4 is 44.9 Å². The molecule has 1 fully saturated rings. The lowest BCUT2D eigenvalue weighted by Crippen LogP contribution is -2.32. The molecule has 0 spiro atoms. The van der Waals surface area contributed by atoms with Crippen LogP contribution in [0.5, 0.6) is 11.5 Å². The van der Waals surface area contributed by atoms with E-state index < -0.39 is 41.0 Å². The molecule has 1 aliphatic carbocycles. The van der Waals surface area contributed by atoms with Gasteiger partial charge in [-0.05, 0) is 48.6 Å². The summed E-state index contributed by atoms with van der Waals surface area (Å²) in [6.45, 7) is -3.49. The molecule has 0 aliphatic heterocycles. The number of nitrogens with zero attached hydrogens (tertiary/aromatic N) is 1. The molecule has 230 valence electrons. The summed E-state index contributed by atoms with van der Waals surface area (Å²) < 4.78 is 66.6. The van der Waals surface area contributed by atoms with Crippen molar-refractivity contribution in [3.05, 3.63) is 86.8 Å². The molecule has 1 N–H and O–H groups in total. The van der Waals surface area contributed by atoms with Crippen LogP contribution < -0.4 is 19.5 Å². The summed E-state index contributed by atoms with van der Waals surface area (Å²) in [5.41, 5.74) is 0.392. The van der Waals surface area contributed by atoms with Crippen molar-refractivity contribution in [2.45, 2.75) is 36.9 Å². The van der Waals surface area contributed by atoms with Crippen LogP contribution in [-0.2, 0) is 25.8 Å². The Bertz CT molecular complexity index is 1600. The third-order valence-electron chi connectivity index (χ3n) is 6.37. The maximum atomic E-state index is 13.0. The molecular weight excluding hydrogens is 633 g/mol. The minimum absolute atomic E-state index is 0.000843. The van der Waals surface area contributed by atoms with Crippen LogP contribution in [0.25, 0.3) is 0 Å². The molecule has 2 aromatic carbocycles. The van der Waals surface area contributed by atoms with E-state index in [9.17, 15) is 32.0 Å². The van der Waals surface area contributed by atoms with Crippen molar-refractivity contribution in [1.82, 2.24) is 5.32 Å². The normalized spacial score (nSPS) is 13.8. The van der Waals surface area contributed by atoms with Crippen molar-refractivity contribution < 1.29 is 45.7 Å². The van der Waals surface area contributed by atoms with Gasteiger partial charge in [0.1, 0.15) is 22.7 Å². The van der Waals surface area contributed by atoms with E-state index in [-0.39, 0.29) is 56.5 Å². The molecule has 4 rings (SSSR count). The van der Waals surface area contributed by atoms with Gasteiger partial charge >= 0.3 is 12.6 Å². The maximum Gasteiger partial charge on any atom is 0.387 e. The predicted octanol–water partition coefficient (Wildman–Crippen LogP) is 4.68. The number of carbonyl (C=O) groups is 2. The first-order chi connectivity index (χ1) is 20.3. The topological polar surface area (TPSA) is 135 Å². The number of benzene rings is 2. The lowest BCUT2D eigenvalue weighted by atomic mass is 10.0. The average Bonchev–Trinajstić information content (AvgIpc) is 3.76.